The number of imidazole rings is 1. The molecule has 1 aliphatic carbocycles. The average Bonchev–Trinajstić information content (AvgIpc) is 3.33. The van der Waals surface area contributed by atoms with Gasteiger partial charge in [-0.25, -0.2) is 13.4 Å². The van der Waals surface area contributed by atoms with Crippen LogP contribution < -0.4 is 5.32 Å². The van der Waals surface area contributed by atoms with Gasteiger partial charge in [0.15, 0.2) is 0 Å². The minimum absolute atomic E-state index is 0.0724. The van der Waals surface area contributed by atoms with Crippen molar-refractivity contribution in [2.75, 3.05) is 13.1 Å². The molecule has 0 bridgehead atoms. The predicted molar refractivity (Wildman–Crippen MR) is 110 cm³/mol. The van der Waals surface area contributed by atoms with Crippen molar-refractivity contribution in [3.63, 3.8) is 0 Å². The van der Waals surface area contributed by atoms with Crippen molar-refractivity contribution >= 4 is 27.0 Å². The van der Waals surface area contributed by atoms with Gasteiger partial charge in [-0.05, 0) is 31.0 Å². The largest absolute Gasteiger partial charge is 0.449 e. The molecule has 7 nitrogen and oxygen atoms in total. The molecule has 1 heterocycles. The second-order valence-electron chi connectivity index (χ2n) is 7.62. The highest BCUT2D eigenvalue weighted by atomic mass is 32.2. The smallest absolute Gasteiger partial charge is 0.353 e. The number of carbonyl (C=O) groups excluding carboxylic acids is 1. The lowest BCUT2D eigenvalue weighted by atomic mass is 10.2. The number of alkyl halides is 3. The Morgan fingerprint density at radius 3 is 2.45 bits per heavy atom. The van der Waals surface area contributed by atoms with Crippen LogP contribution in [-0.4, -0.2) is 47.3 Å². The van der Waals surface area contributed by atoms with Crippen molar-refractivity contribution in [2.45, 2.75) is 69.6 Å². The monoisotopic (exact) mass is 460 g/mol. The second kappa shape index (κ2) is 9.15. The van der Waals surface area contributed by atoms with Crippen molar-refractivity contribution in [3.8, 4) is 0 Å². The molecule has 2 aromatic rings. The molecule has 0 atom stereocenters. The van der Waals surface area contributed by atoms with Gasteiger partial charge in [0.25, 0.3) is 0 Å². The number of aromatic nitrogens is 2. The summed E-state index contributed by atoms with van der Waals surface area (Å²) < 4.78 is 68.4. The van der Waals surface area contributed by atoms with Crippen molar-refractivity contribution in [3.05, 3.63) is 24.0 Å². The molecule has 1 aromatic carbocycles. The number of hydrogen-bond acceptors (Lipinski definition) is 4. The highest BCUT2D eigenvalue weighted by Crippen LogP contribution is 2.33. The Morgan fingerprint density at radius 2 is 1.87 bits per heavy atom. The van der Waals surface area contributed by atoms with Crippen LogP contribution in [0.5, 0.6) is 0 Å². The standard InChI is InChI=1S/C20H27F3N4O3S/c1-3-26(4-2)31(29,30)15-9-10-17-16(13-15)25-19(20(21,22)23)27(17)12-11-18(28)24-14-7-5-6-8-14/h9-10,13-14H,3-8,11-12H2,1-2H3,(H,24,28). The van der Waals surface area contributed by atoms with E-state index >= 15 is 0 Å². The van der Waals surface area contributed by atoms with Gasteiger partial charge >= 0.3 is 6.18 Å². The average molecular weight is 461 g/mol. The number of halogens is 3. The van der Waals surface area contributed by atoms with Gasteiger partial charge in [-0.1, -0.05) is 26.7 Å². The summed E-state index contributed by atoms with van der Waals surface area (Å²) in [5.74, 6) is -1.45. The Morgan fingerprint density at radius 1 is 1.23 bits per heavy atom. The van der Waals surface area contributed by atoms with Crippen LogP contribution in [0.15, 0.2) is 23.1 Å². The lowest BCUT2D eigenvalue weighted by Crippen LogP contribution is -2.33. The van der Waals surface area contributed by atoms with Crippen molar-refractivity contribution < 1.29 is 26.4 Å². The Bertz CT molecular complexity index is 1040. The van der Waals surface area contributed by atoms with Crippen LogP contribution in [0, 0.1) is 0 Å². The molecule has 172 valence electrons. The third kappa shape index (κ3) is 5.03. The Balaban J connectivity index is 1.91. The van der Waals surface area contributed by atoms with E-state index < -0.39 is 22.0 Å². The second-order valence-corrected chi connectivity index (χ2v) is 9.56. The fourth-order valence-corrected chi connectivity index (χ4v) is 5.49. The molecule has 1 fully saturated rings. The van der Waals surface area contributed by atoms with Gasteiger partial charge in [0, 0.05) is 32.1 Å². The lowest BCUT2D eigenvalue weighted by molar-refractivity contribution is -0.147. The molecular weight excluding hydrogens is 433 g/mol. The number of nitrogens with zero attached hydrogens (tertiary/aromatic N) is 3. The minimum Gasteiger partial charge on any atom is -0.353 e. The van der Waals surface area contributed by atoms with Gasteiger partial charge in [-0.2, -0.15) is 17.5 Å². The number of fused-ring (bicyclic) bond motifs is 1. The van der Waals surface area contributed by atoms with Crippen LogP contribution in [0.4, 0.5) is 13.2 Å². The number of carbonyl (C=O) groups is 1. The Hall–Kier alpha value is -2.14. The molecule has 0 radical (unpaired) electrons. The fourth-order valence-electron chi connectivity index (χ4n) is 4.01. The van der Waals surface area contributed by atoms with Crippen LogP contribution in [0.1, 0.15) is 51.8 Å². The Labute approximate surface area is 179 Å². The van der Waals surface area contributed by atoms with Crippen molar-refractivity contribution in [2.24, 2.45) is 0 Å². The molecular formula is C20H27F3N4O3S. The zero-order chi connectivity index (χ0) is 22.8. The summed E-state index contributed by atoms with van der Waals surface area (Å²) in [6.07, 6.45) is -1.01. The van der Waals surface area contributed by atoms with E-state index in [1.54, 1.807) is 13.8 Å². The maximum absolute atomic E-state index is 13.6. The molecule has 1 aliphatic rings. The molecule has 0 saturated heterocycles. The normalized spacial score (nSPS) is 15.8. The highest BCUT2D eigenvalue weighted by molar-refractivity contribution is 7.89. The lowest BCUT2D eigenvalue weighted by Gasteiger charge is -2.18. The molecule has 1 amide bonds. The van der Waals surface area contributed by atoms with Gasteiger partial charge in [-0.15, -0.1) is 0 Å². The van der Waals surface area contributed by atoms with Gasteiger partial charge in [0.1, 0.15) is 0 Å². The maximum Gasteiger partial charge on any atom is 0.449 e. The van der Waals surface area contributed by atoms with E-state index in [1.807, 2.05) is 0 Å². The first-order valence-corrected chi connectivity index (χ1v) is 11.9. The van der Waals surface area contributed by atoms with Gasteiger partial charge in [-0.3, -0.25) is 4.79 Å². The van der Waals surface area contributed by atoms with Crippen LogP contribution in [-0.2, 0) is 27.5 Å². The van der Waals surface area contributed by atoms with E-state index in [9.17, 15) is 26.4 Å². The number of benzene rings is 1. The molecule has 0 spiro atoms. The van der Waals surface area contributed by atoms with Crippen LogP contribution >= 0.6 is 0 Å². The summed E-state index contributed by atoms with van der Waals surface area (Å²) in [5, 5.41) is 2.86. The summed E-state index contributed by atoms with van der Waals surface area (Å²) in [7, 11) is -3.83. The number of aryl methyl sites for hydroxylation is 1. The molecule has 1 saturated carbocycles. The van der Waals surface area contributed by atoms with Gasteiger partial charge < -0.3 is 9.88 Å². The van der Waals surface area contributed by atoms with E-state index in [0.717, 1.165) is 36.3 Å². The van der Waals surface area contributed by atoms with E-state index in [4.69, 9.17) is 0 Å². The molecule has 3 rings (SSSR count). The number of hydrogen-bond donors (Lipinski definition) is 1. The third-order valence-electron chi connectivity index (χ3n) is 5.60. The molecule has 11 heteroatoms. The highest BCUT2D eigenvalue weighted by Gasteiger charge is 2.38. The SMILES string of the molecule is CCN(CC)S(=O)(=O)c1ccc2c(c1)nc(C(F)(F)F)n2CCC(=O)NC1CCCC1. The third-order valence-corrected chi connectivity index (χ3v) is 7.65. The number of nitrogens with one attached hydrogen (secondary N) is 1. The van der Waals surface area contributed by atoms with E-state index in [0.29, 0.717) is 0 Å². The van der Waals surface area contributed by atoms with E-state index in [-0.39, 0.29) is 53.9 Å². The topological polar surface area (TPSA) is 84.3 Å². The van der Waals surface area contributed by atoms with Crippen LogP contribution in [0.25, 0.3) is 11.0 Å². The van der Waals surface area contributed by atoms with Crippen molar-refractivity contribution in [1.29, 1.82) is 0 Å². The van der Waals surface area contributed by atoms with Crippen LogP contribution in [0.2, 0.25) is 0 Å². The zero-order valence-corrected chi connectivity index (χ0v) is 18.4. The molecule has 0 aliphatic heterocycles. The zero-order valence-electron chi connectivity index (χ0n) is 17.6. The summed E-state index contributed by atoms with van der Waals surface area (Å²) in [6, 6.07) is 3.85. The maximum atomic E-state index is 13.6. The fraction of sp³-hybridized carbons (Fsp3) is 0.600. The van der Waals surface area contributed by atoms with Gasteiger partial charge in [0.2, 0.25) is 21.8 Å². The first-order chi connectivity index (χ1) is 14.6. The summed E-state index contributed by atoms with van der Waals surface area (Å²) >= 11 is 0. The summed E-state index contributed by atoms with van der Waals surface area (Å²) in [4.78, 5) is 15.8. The van der Waals surface area contributed by atoms with Crippen molar-refractivity contribution in [1.82, 2.24) is 19.2 Å². The molecule has 1 aromatic heterocycles. The quantitative estimate of drug-likeness (QED) is 0.653. The number of sulfonamides is 1. The first kappa shape index (κ1) is 23.5. The first-order valence-electron chi connectivity index (χ1n) is 10.4. The molecule has 31 heavy (non-hydrogen) atoms. The summed E-state index contributed by atoms with van der Waals surface area (Å²) in [6.45, 7) is 3.66. The molecule has 1 N–H and O–H groups in total. The van der Waals surface area contributed by atoms with Gasteiger partial charge in [0.05, 0.1) is 15.9 Å². The number of amides is 1. The molecule has 0 unspecified atom stereocenters. The van der Waals surface area contributed by atoms with E-state index in [2.05, 4.69) is 10.3 Å². The summed E-state index contributed by atoms with van der Waals surface area (Å²) in [5.41, 5.74) is 0.0660. The van der Waals surface area contributed by atoms with E-state index in [1.165, 1.54) is 16.4 Å². The van der Waals surface area contributed by atoms with Crippen LogP contribution in [0.3, 0.4) is 0 Å². The predicted octanol–water partition coefficient (Wildman–Crippen LogP) is 3.53. The Kier molecular flexibility index (Phi) is 6.95. The minimum atomic E-state index is -4.74. The number of rotatable bonds is 8.